The van der Waals surface area contributed by atoms with E-state index in [0.717, 1.165) is 24.0 Å². The Balaban J connectivity index is 2.33. The SMILES string of the molecule is CC=CC(=O)N(CCCC)C(C(=O)NCc1ccccc1)c1ccc(OC)cc1. The van der Waals surface area contributed by atoms with Crippen molar-refractivity contribution >= 4 is 11.8 Å². The average Bonchev–Trinajstić information content (AvgIpc) is 2.76. The Bertz CT molecular complexity index is 801. The molecule has 0 bridgehead atoms. The number of rotatable bonds is 10. The zero-order valence-corrected chi connectivity index (χ0v) is 17.4. The molecule has 5 heteroatoms. The van der Waals surface area contributed by atoms with E-state index in [9.17, 15) is 9.59 Å². The van der Waals surface area contributed by atoms with Gasteiger partial charge in [-0.05, 0) is 42.7 Å². The molecule has 2 amide bonds. The number of methoxy groups -OCH3 is 1. The number of benzene rings is 2. The first-order chi connectivity index (χ1) is 14.1. The Hall–Kier alpha value is -3.08. The Morgan fingerprint density at radius 1 is 1.10 bits per heavy atom. The largest absolute Gasteiger partial charge is 0.497 e. The minimum Gasteiger partial charge on any atom is -0.497 e. The molecule has 1 N–H and O–H groups in total. The van der Waals surface area contributed by atoms with Crippen LogP contribution in [-0.2, 0) is 16.1 Å². The predicted octanol–water partition coefficient (Wildman–Crippen LogP) is 4.26. The summed E-state index contributed by atoms with van der Waals surface area (Å²) in [6.45, 7) is 4.78. The molecule has 1 unspecified atom stereocenters. The van der Waals surface area contributed by atoms with E-state index < -0.39 is 6.04 Å². The second-order valence-corrected chi connectivity index (χ2v) is 6.76. The van der Waals surface area contributed by atoms with Gasteiger partial charge in [-0.2, -0.15) is 0 Å². The fourth-order valence-electron chi connectivity index (χ4n) is 3.07. The standard InChI is InChI=1S/C24H30N2O3/c1-4-6-17-26(22(27)10-5-2)23(20-13-15-21(29-3)16-14-20)24(28)25-18-19-11-8-7-9-12-19/h5,7-16,23H,4,6,17-18H2,1-3H3,(H,25,28). The molecule has 154 valence electrons. The third kappa shape index (κ3) is 6.49. The Morgan fingerprint density at radius 2 is 1.79 bits per heavy atom. The molecule has 0 saturated heterocycles. The summed E-state index contributed by atoms with van der Waals surface area (Å²) >= 11 is 0. The van der Waals surface area contributed by atoms with Gasteiger partial charge < -0.3 is 15.0 Å². The molecule has 0 fully saturated rings. The van der Waals surface area contributed by atoms with Crippen molar-refractivity contribution in [3.63, 3.8) is 0 Å². The van der Waals surface area contributed by atoms with Crippen molar-refractivity contribution in [2.75, 3.05) is 13.7 Å². The zero-order valence-electron chi connectivity index (χ0n) is 17.4. The summed E-state index contributed by atoms with van der Waals surface area (Å²) < 4.78 is 5.23. The number of carbonyl (C=O) groups excluding carboxylic acids is 2. The summed E-state index contributed by atoms with van der Waals surface area (Å²) in [5.74, 6) is 0.335. The van der Waals surface area contributed by atoms with Crippen molar-refractivity contribution in [2.45, 2.75) is 39.3 Å². The molecule has 0 heterocycles. The molecule has 0 saturated carbocycles. The molecule has 0 aliphatic heterocycles. The van der Waals surface area contributed by atoms with Gasteiger partial charge in [-0.25, -0.2) is 0 Å². The lowest BCUT2D eigenvalue weighted by atomic mass is 10.0. The van der Waals surface area contributed by atoms with Crippen molar-refractivity contribution in [1.82, 2.24) is 10.2 Å². The van der Waals surface area contributed by atoms with Crippen LogP contribution in [0.1, 0.15) is 43.9 Å². The lowest BCUT2D eigenvalue weighted by Crippen LogP contribution is -2.43. The van der Waals surface area contributed by atoms with Crippen molar-refractivity contribution in [1.29, 1.82) is 0 Å². The maximum atomic E-state index is 13.2. The van der Waals surface area contributed by atoms with E-state index in [1.165, 1.54) is 6.08 Å². The number of hydrogen-bond donors (Lipinski definition) is 1. The van der Waals surface area contributed by atoms with Crippen LogP contribution in [-0.4, -0.2) is 30.4 Å². The molecule has 0 aliphatic carbocycles. The highest BCUT2D eigenvalue weighted by atomic mass is 16.5. The topological polar surface area (TPSA) is 58.6 Å². The highest BCUT2D eigenvalue weighted by Gasteiger charge is 2.30. The summed E-state index contributed by atoms with van der Waals surface area (Å²) in [7, 11) is 1.60. The fraction of sp³-hybridized carbons (Fsp3) is 0.333. The molecular weight excluding hydrogens is 364 g/mol. The molecular formula is C24H30N2O3. The number of nitrogens with one attached hydrogen (secondary N) is 1. The van der Waals surface area contributed by atoms with E-state index in [4.69, 9.17) is 4.74 Å². The maximum Gasteiger partial charge on any atom is 0.247 e. The van der Waals surface area contributed by atoms with E-state index in [0.29, 0.717) is 18.8 Å². The van der Waals surface area contributed by atoms with Gasteiger partial charge in [-0.3, -0.25) is 9.59 Å². The molecule has 0 spiro atoms. The van der Waals surface area contributed by atoms with Gasteiger partial charge in [-0.15, -0.1) is 0 Å². The Kier molecular flexibility index (Phi) is 8.96. The highest BCUT2D eigenvalue weighted by molar-refractivity contribution is 5.93. The lowest BCUT2D eigenvalue weighted by molar-refractivity contribution is -0.137. The van der Waals surface area contributed by atoms with Gasteiger partial charge in [0.1, 0.15) is 11.8 Å². The third-order valence-electron chi connectivity index (χ3n) is 4.65. The van der Waals surface area contributed by atoms with Crippen LogP contribution in [0.15, 0.2) is 66.7 Å². The third-order valence-corrected chi connectivity index (χ3v) is 4.65. The maximum absolute atomic E-state index is 13.2. The van der Waals surface area contributed by atoms with Crippen LogP contribution < -0.4 is 10.1 Å². The number of amides is 2. The molecule has 2 aromatic rings. The minimum absolute atomic E-state index is 0.170. The smallest absolute Gasteiger partial charge is 0.247 e. The number of ether oxygens (including phenoxy) is 1. The summed E-state index contributed by atoms with van der Waals surface area (Å²) in [6.07, 6.45) is 4.97. The van der Waals surface area contributed by atoms with Crippen LogP contribution in [0.2, 0.25) is 0 Å². The quantitative estimate of drug-likeness (QED) is 0.613. The molecule has 2 rings (SSSR count). The van der Waals surface area contributed by atoms with Gasteiger partial charge in [0.15, 0.2) is 0 Å². The minimum atomic E-state index is -0.708. The zero-order chi connectivity index (χ0) is 21.1. The summed E-state index contributed by atoms with van der Waals surface area (Å²) in [5.41, 5.74) is 1.76. The first kappa shape index (κ1) is 22.2. The van der Waals surface area contributed by atoms with Crippen molar-refractivity contribution in [3.8, 4) is 5.75 Å². The van der Waals surface area contributed by atoms with Crippen molar-refractivity contribution in [3.05, 3.63) is 77.9 Å². The van der Waals surface area contributed by atoms with Gasteiger partial charge in [0, 0.05) is 13.1 Å². The Morgan fingerprint density at radius 3 is 2.38 bits per heavy atom. The van der Waals surface area contributed by atoms with Gasteiger partial charge >= 0.3 is 0 Å². The molecule has 1 atom stereocenters. The monoisotopic (exact) mass is 394 g/mol. The van der Waals surface area contributed by atoms with E-state index >= 15 is 0 Å². The van der Waals surface area contributed by atoms with Crippen LogP contribution in [0.5, 0.6) is 5.75 Å². The number of unbranched alkanes of at least 4 members (excludes halogenated alkanes) is 1. The van der Waals surface area contributed by atoms with E-state index in [-0.39, 0.29) is 11.8 Å². The Labute approximate surface area is 173 Å². The average molecular weight is 395 g/mol. The highest BCUT2D eigenvalue weighted by Crippen LogP contribution is 2.25. The van der Waals surface area contributed by atoms with Crippen LogP contribution in [0.4, 0.5) is 0 Å². The summed E-state index contributed by atoms with van der Waals surface area (Å²) in [4.78, 5) is 27.7. The molecule has 0 aromatic heterocycles. The fourth-order valence-corrected chi connectivity index (χ4v) is 3.07. The van der Waals surface area contributed by atoms with Gasteiger partial charge in [0.25, 0.3) is 0 Å². The summed E-state index contributed by atoms with van der Waals surface area (Å²) in [6, 6.07) is 16.3. The van der Waals surface area contributed by atoms with Gasteiger partial charge in [0.05, 0.1) is 7.11 Å². The second kappa shape index (κ2) is 11.7. The first-order valence-electron chi connectivity index (χ1n) is 9.99. The van der Waals surface area contributed by atoms with Gasteiger partial charge in [0.2, 0.25) is 11.8 Å². The molecule has 0 aliphatic rings. The normalized spacial score (nSPS) is 11.8. The van der Waals surface area contributed by atoms with Crippen LogP contribution in [0, 0.1) is 0 Å². The lowest BCUT2D eigenvalue weighted by Gasteiger charge is -2.30. The van der Waals surface area contributed by atoms with E-state index in [2.05, 4.69) is 12.2 Å². The number of hydrogen-bond acceptors (Lipinski definition) is 3. The van der Waals surface area contributed by atoms with Crippen LogP contribution in [0.3, 0.4) is 0 Å². The van der Waals surface area contributed by atoms with Crippen molar-refractivity contribution in [2.24, 2.45) is 0 Å². The van der Waals surface area contributed by atoms with E-state index in [1.54, 1.807) is 25.0 Å². The number of nitrogens with zero attached hydrogens (tertiary/aromatic N) is 1. The van der Waals surface area contributed by atoms with Gasteiger partial charge in [-0.1, -0.05) is 61.9 Å². The number of carbonyl (C=O) groups is 2. The van der Waals surface area contributed by atoms with Crippen LogP contribution >= 0.6 is 0 Å². The molecule has 5 nitrogen and oxygen atoms in total. The molecule has 0 radical (unpaired) electrons. The number of allylic oxidation sites excluding steroid dienone is 1. The second-order valence-electron chi connectivity index (χ2n) is 6.76. The molecule has 29 heavy (non-hydrogen) atoms. The molecule has 2 aromatic carbocycles. The van der Waals surface area contributed by atoms with Crippen molar-refractivity contribution < 1.29 is 14.3 Å². The summed E-state index contributed by atoms with van der Waals surface area (Å²) in [5, 5.41) is 2.99. The van der Waals surface area contributed by atoms with Crippen LogP contribution in [0.25, 0.3) is 0 Å². The van der Waals surface area contributed by atoms with E-state index in [1.807, 2.05) is 54.6 Å². The first-order valence-corrected chi connectivity index (χ1v) is 9.99. The predicted molar refractivity (Wildman–Crippen MR) is 115 cm³/mol.